The number of allylic oxidation sites excluding steroid dienone is 2. The molecule has 0 aliphatic carbocycles. The van der Waals surface area contributed by atoms with Crippen molar-refractivity contribution in [1.29, 1.82) is 0 Å². The van der Waals surface area contributed by atoms with Gasteiger partial charge in [-0.3, -0.25) is 0 Å². The summed E-state index contributed by atoms with van der Waals surface area (Å²) in [7, 11) is 0. The van der Waals surface area contributed by atoms with E-state index in [1.165, 1.54) is 38.5 Å². The Hall–Kier alpha value is -0.260. The molecule has 0 aromatic heterocycles. The van der Waals surface area contributed by atoms with Crippen LogP contribution in [0.15, 0.2) is 11.6 Å². The third-order valence-corrected chi connectivity index (χ3v) is 2.17. The second-order valence-corrected chi connectivity index (χ2v) is 3.30. The van der Waals surface area contributed by atoms with Crippen LogP contribution < -0.4 is 0 Å². The Morgan fingerprint density at radius 2 is 1.73 bits per heavy atom. The van der Waals surface area contributed by atoms with Crippen LogP contribution in [0.1, 0.15) is 59.3 Å². The van der Waals surface area contributed by atoms with Crippen LogP contribution in [0.25, 0.3) is 0 Å². The summed E-state index contributed by atoms with van der Waals surface area (Å²) in [6, 6.07) is 0. The number of hydrogen-bond acceptors (Lipinski definition) is 0. The summed E-state index contributed by atoms with van der Waals surface area (Å²) in [5.74, 6) is 0. The maximum atomic E-state index is 2.26. The average molecular weight is 154 g/mol. The molecule has 0 radical (unpaired) electrons. The minimum atomic E-state index is 1.31. The first-order valence-electron chi connectivity index (χ1n) is 4.93. The van der Waals surface area contributed by atoms with Gasteiger partial charge in [0, 0.05) is 0 Å². The molecule has 0 nitrogen and oxygen atoms in total. The van der Waals surface area contributed by atoms with Gasteiger partial charge in [0.1, 0.15) is 0 Å². The Bertz CT molecular complexity index is 101. The van der Waals surface area contributed by atoms with Crippen LogP contribution in [-0.2, 0) is 0 Å². The molecule has 0 heterocycles. The molecule has 0 aliphatic rings. The molecule has 0 rings (SSSR count). The Morgan fingerprint density at radius 3 is 2.27 bits per heavy atom. The second kappa shape index (κ2) is 7.84. The van der Waals surface area contributed by atoms with Gasteiger partial charge in [0.25, 0.3) is 0 Å². The third kappa shape index (κ3) is 7.64. The fraction of sp³-hybridized carbons (Fsp3) is 0.818. The van der Waals surface area contributed by atoms with E-state index in [1.807, 2.05) is 0 Å². The van der Waals surface area contributed by atoms with Crippen molar-refractivity contribution >= 4 is 0 Å². The monoisotopic (exact) mass is 154 g/mol. The normalized spacial score (nSPS) is 12.1. The summed E-state index contributed by atoms with van der Waals surface area (Å²) in [6.45, 7) is 6.61. The van der Waals surface area contributed by atoms with Gasteiger partial charge in [0.05, 0.1) is 0 Å². The molecule has 0 aromatic carbocycles. The molecule has 0 bridgehead atoms. The van der Waals surface area contributed by atoms with Gasteiger partial charge >= 0.3 is 0 Å². The van der Waals surface area contributed by atoms with Crippen molar-refractivity contribution in [3.63, 3.8) is 0 Å². The second-order valence-electron chi connectivity index (χ2n) is 3.30. The maximum Gasteiger partial charge on any atom is -0.0323 e. The van der Waals surface area contributed by atoms with Crippen molar-refractivity contribution in [3.8, 4) is 0 Å². The lowest BCUT2D eigenvalue weighted by Gasteiger charge is -1.99. The summed E-state index contributed by atoms with van der Waals surface area (Å²) in [5.41, 5.74) is 1.54. The molecular weight excluding hydrogens is 132 g/mol. The summed E-state index contributed by atoms with van der Waals surface area (Å²) >= 11 is 0. The molecule has 0 saturated carbocycles. The standard InChI is InChI=1S/C11H22/c1-4-6-7-8-9-10-11(3)5-2/h5H,4,6-10H2,1-3H3/b11-5+. The van der Waals surface area contributed by atoms with E-state index in [0.29, 0.717) is 0 Å². The topological polar surface area (TPSA) is 0 Å². The molecule has 0 spiro atoms. The Kier molecular flexibility index (Phi) is 7.66. The van der Waals surface area contributed by atoms with Crippen LogP contribution >= 0.6 is 0 Å². The highest BCUT2D eigenvalue weighted by Crippen LogP contribution is 2.09. The fourth-order valence-corrected chi connectivity index (χ4v) is 1.15. The quantitative estimate of drug-likeness (QED) is 0.395. The molecular formula is C11H22. The number of unbranched alkanes of at least 4 members (excludes halogenated alkanes) is 4. The van der Waals surface area contributed by atoms with Gasteiger partial charge in [-0.15, -0.1) is 0 Å². The van der Waals surface area contributed by atoms with Crippen molar-refractivity contribution in [3.05, 3.63) is 11.6 Å². The third-order valence-electron chi connectivity index (χ3n) is 2.17. The fourth-order valence-electron chi connectivity index (χ4n) is 1.15. The van der Waals surface area contributed by atoms with Gasteiger partial charge in [0.15, 0.2) is 0 Å². The summed E-state index contributed by atoms with van der Waals surface area (Å²) in [6.07, 6.45) is 10.5. The van der Waals surface area contributed by atoms with Gasteiger partial charge in [-0.05, 0) is 26.7 Å². The lowest BCUT2D eigenvalue weighted by Crippen LogP contribution is -1.79. The molecule has 0 aliphatic heterocycles. The van der Waals surface area contributed by atoms with E-state index in [4.69, 9.17) is 0 Å². The zero-order valence-corrected chi connectivity index (χ0v) is 8.32. The summed E-state index contributed by atoms with van der Waals surface area (Å²) in [5, 5.41) is 0. The predicted molar refractivity (Wildman–Crippen MR) is 52.8 cm³/mol. The molecule has 66 valence electrons. The van der Waals surface area contributed by atoms with E-state index < -0.39 is 0 Å². The molecule has 0 saturated heterocycles. The zero-order chi connectivity index (χ0) is 8.53. The smallest absolute Gasteiger partial charge is 0.0323 e. The van der Waals surface area contributed by atoms with Gasteiger partial charge in [-0.2, -0.15) is 0 Å². The first-order valence-corrected chi connectivity index (χ1v) is 4.93. The largest absolute Gasteiger partial charge is 0.0887 e. The van der Waals surface area contributed by atoms with Crippen LogP contribution in [0.2, 0.25) is 0 Å². The summed E-state index contributed by atoms with van der Waals surface area (Å²) < 4.78 is 0. The molecule has 0 aromatic rings. The van der Waals surface area contributed by atoms with Gasteiger partial charge in [0.2, 0.25) is 0 Å². The summed E-state index contributed by atoms with van der Waals surface area (Å²) in [4.78, 5) is 0. The molecule has 0 unspecified atom stereocenters. The SMILES string of the molecule is C/C=C(\C)CCCCCCC. The molecule has 11 heavy (non-hydrogen) atoms. The zero-order valence-electron chi connectivity index (χ0n) is 8.32. The van der Waals surface area contributed by atoms with E-state index in [9.17, 15) is 0 Å². The Labute approximate surface area is 71.7 Å². The lowest BCUT2D eigenvalue weighted by molar-refractivity contribution is 0.630. The van der Waals surface area contributed by atoms with Crippen molar-refractivity contribution in [2.45, 2.75) is 59.3 Å². The number of hydrogen-bond donors (Lipinski definition) is 0. The maximum absolute atomic E-state index is 2.26. The van der Waals surface area contributed by atoms with E-state index in [1.54, 1.807) is 5.57 Å². The molecule has 0 atom stereocenters. The highest BCUT2D eigenvalue weighted by Gasteiger charge is 1.89. The number of rotatable bonds is 6. The minimum absolute atomic E-state index is 1.31. The predicted octanol–water partition coefficient (Wildman–Crippen LogP) is 4.31. The van der Waals surface area contributed by atoms with Gasteiger partial charge in [-0.1, -0.05) is 44.3 Å². The van der Waals surface area contributed by atoms with Crippen LogP contribution in [0, 0.1) is 0 Å². The van der Waals surface area contributed by atoms with Crippen LogP contribution in [0.3, 0.4) is 0 Å². The first-order chi connectivity index (χ1) is 5.31. The van der Waals surface area contributed by atoms with Crippen molar-refractivity contribution < 1.29 is 0 Å². The first kappa shape index (κ1) is 10.7. The van der Waals surface area contributed by atoms with Crippen molar-refractivity contribution in [2.24, 2.45) is 0 Å². The minimum Gasteiger partial charge on any atom is -0.0887 e. The molecule has 0 heteroatoms. The van der Waals surface area contributed by atoms with Crippen molar-refractivity contribution in [1.82, 2.24) is 0 Å². The molecule has 0 amide bonds. The highest BCUT2D eigenvalue weighted by molar-refractivity contribution is 4.94. The van der Waals surface area contributed by atoms with Crippen molar-refractivity contribution in [2.75, 3.05) is 0 Å². The average Bonchev–Trinajstić information content (AvgIpc) is 2.04. The van der Waals surface area contributed by atoms with Crippen LogP contribution in [-0.4, -0.2) is 0 Å². The van der Waals surface area contributed by atoms with Crippen LogP contribution in [0.4, 0.5) is 0 Å². The highest BCUT2D eigenvalue weighted by atomic mass is 14.0. The van der Waals surface area contributed by atoms with E-state index in [-0.39, 0.29) is 0 Å². The van der Waals surface area contributed by atoms with Gasteiger partial charge in [-0.25, -0.2) is 0 Å². The van der Waals surface area contributed by atoms with E-state index in [0.717, 1.165) is 0 Å². The van der Waals surface area contributed by atoms with E-state index in [2.05, 4.69) is 26.8 Å². The van der Waals surface area contributed by atoms with E-state index >= 15 is 0 Å². The Balaban J connectivity index is 3.02. The van der Waals surface area contributed by atoms with Gasteiger partial charge < -0.3 is 0 Å². The molecule has 0 N–H and O–H groups in total. The lowest BCUT2D eigenvalue weighted by atomic mass is 10.1. The Morgan fingerprint density at radius 1 is 1.09 bits per heavy atom. The van der Waals surface area contributed by atoms with Crippen LogP contribution in [0.5, 0.6) is 0 Å². The molecule has 0 fully saturated rings.